The molecule has 0 spiro atoms. The lowest BCUT2D eigenvalue weighted by Gasteiger charge is -2.10. The summed E-state index contributed by atoms with van der Waals surface area (Å²) < 4.78 is 6.89. The fourth-order valence-electron chi connectivity index (χ4n) is 2.81. The van der Waals surface area contributed by atoms with Gasteiger partial charge >= 0.3 is 0 Å². The zero-order chi connectivity index (χ0) is 18.7. The summed E-state index contributed by atoms with van der Waals surface area (Å²) in [6.07, 6.45) is 1.20. The number of aryl methyl sites for hydroxylation is 2. The normalized spacial score (nSPS) is 10.9. The van der Waals surface area contributed by atoms with Gasteiger partial charge in [0.05, 0.1) is 13.5 Å². The first-order valence-corrected chi connectivity index (χ1v) is 8.67. The number of rotatable bonds is 6. The van der Waals surface area contributed by atoms with Crippen LogP contribution in [0.1, 0.15) is 30.3 Å². The topological polar surface area (TPSA) is 81.4 Å². The van der Waals surface area contributed by atoms with E-state index in [4.69, 9.17) is 4.74 Å². The summed E-state index contributed by atoms with van der Waals surface area (Å²) in [4.78, 5) is 21.2. The first-order chi connectivity index (χ1) is 12.5. The van der Waals surface area contributed by atoms with Gasteiger partial charge in [0.2, 0.25) is 5.91 Å². The highest BCUT2D eigenvalue weighted by Crippen LogP contribution is 2.21. The SMILES string of the molecule is CCCNC(=O)Cc1c(C)nc2nc(-c3ccc(OC)cc3)nn2c1C. The van der Waals surface area contributed by atoms with Crippen LogP contribution in [0.4, 0.5) is 0 Å². The Morgan fingerprint density at radius 1 is 1.19 bits per heavy atom. The number of aromatic nitrogens is 4. The van der Waals surface area contributed by atoms with E-state index >= 15 is 0 Å². The summed E-state index contributed by atoms with van der Waals surface area (Å²) in [5.74, 6) is 1.90. The number of carbonyl (C=O) groups excluding carboxylic acids is 1. The summed E-state index contributed by atoms with van der Waals surface area (Å²) in [5, 5.41) is 7.48. The minimum absolute atomic E-state index is 0.00491. The molecule has 3 rings (SSSR count). The molecule has 2 heterocycles. The molecule has 1 amide bonds. The number of hydrogen-bond donors (Lipinski definition) is 1. The molecular formula is C19H23N5O2. The second kappa shape index (κ2) is 7.51. The van der Waals surface area contributed by atoms with Crippen molar-refractivity contribution in [2.24, 2.45) is 0 Å². The molecule has 2 aromatic heterocycles. The molecule has 7 heteroatoms. The average molecular weight is 353 g/mol. The first kappa shape index (κ1) is 17.8. The zero-order valence-electron chi connectivity index (χ0n) is 15.5. The van der Waals surface area contributed by atoms with Crippen molar-refractivity contribution in [1.82, 2.24) is 24.9 Å². The number of ether oxygens (including phenoxy) is 1. The van der Waals surface area contributed by atoms with Gasteiger partial charge < -0.3 is 10.1 Å². The van der Waals surface area contributed by atoms with Crippen molar-refractivity contribution in [3.05, 3.63) is 41.2 Å². The van der Waals surface area contributed by atoms with Crippen LogP contribution in [0.5, 0.6) is 5.75 Å². The van der Waals surface area contributed by atoms with Crippen molar-refractivity contribution in [1.29, 1.82) is 0 Å². The van der Waals surface area contributed by atoms with Crippen LogP contribution >= 0.6 is 0 Å². The van der Waals surface area contributed by atoms with Gasteiger partial charge in [0, 0.05) is 29.1 Å². The highest BCUT2D eigenvalue weighted by atomic mass is 16.5. The lowest BCUT2D eigenvalue weighted by Crippen LogP contribution is -2.26. The van der Waals surface area contributed by atoms with Gasteiger partial charge in [-0.25, -0.2) is 9.50 Å². The molecule has 0 saturated carbocycles. The highest BCUT2D eigenvalue weighted by Gasteiger charge is 2.16. The molecule has 0 unspecified atom stereocenters. The average Bonchev–Trinajstić information content (AvgIpc) is 3.07. The third-order valence-corrected chi connectivity index (χ3v) is 4.31. The molecule has 0 aliphatic carbocycles. The summed E-state index contributed by atoms with van der Waals surface area (Å²) in [6.45, 7) is 6.55. The number of fused-ring (bicyclic) bond motifs is 1. The van der Waals surface area contributed by atoms with Crippen molar-refractivity contribution in [3.8, 4) is 17.1 Å². The Kier molecular flexibility index (Phi) is 5.16. The van der Waals surface area contributed by atoms with Gasteiger partial charge in [-0.2, -0.15) is 4.98 Å². The predicted octanol–water partition coefficient (Wildman–Crippen LogP) is 2.49. The molecule has 0 radical (unpaired) electrons. The monoisotopic (exact) mass is 353 g/mol. The number of nitrogens with zero attached hydrogens (tertiary/aromatic N) is 4. The maximum absolute atomic E-state index is 12.1. The minimum Gasteiger partial charge on any atom is -0.497 e. The first-order valence-electron chi connectivity index (χ1n) is 8.67. The second-order valence-electron chi connectivity index (χ2n) is 6.16. The van der Waals surface area contributed by atoms with Gasteiger partial charge in [-0.3, -0.25) is 4.79 Å². The van der Waals surface area contributed by atoms with E-state index in [2.05, 4.69) is 20.4 Å². The van der Waals surface area contributed by atoms with Gasteiger partial charge in [0.25, 0.3) is 5.78 Å². The van der Waals surface area contributed by atoms with Crippen LogP contribution in [0.15, 0.2) is 24.3 Å². The molecule has 0 aliphatic heterocycles. The Labute approximate surface area is 152 Å². The number of carbonyl (C=O) groups is 1. The molecule has 7 nitrogen and oxygen atoms in total. The Hall–Kier alpha value is -2.96. The Balaban J connectivity index is 1.96. The van der Waals surface area contributed by atoms with E-state index in [0.717, 1.165) is 34.7 Å². The quantitative estimate of drug-likeness (QED) is 0.736. The van der Waals surface area contributed by atoms with Crippen LogP contribution in [0.25, 0.3) is 17.2 Å². The van der Waals surface area contributed by atoms with Gasteiger partial charge in [-0.05, 0) is 44.5 Å². The van der Waals surface area contributed by atoms with Gasteiger partial charge in [0.15, 0.2) is 5.82 Å². The van der Waals surface area contributed by atoms with Gasteiger partial charge in [0.1, 0.15) is 5.75 Å². The van der Waals surface area contributed by atoms with E-state index in [-0.39, 0.29) is 5.91 Å². The molecule has 136 valence electrons. The molecule has 0 aliphatic rings. The predicted molar refractivity (Wildman–Crippen MR) is 99.2 cm³/mol. The van der Waals surface area contributed by atoms with Crippen molar-refractivity contribution >= 4 is 11.7 Å². The van der Waals surface area contributed by atoms with E-state index in [1.807, 2.05) is 45.0 Å². The van der Waals surface area contributed by atoms with Gasteiger partial charge in [-0.1, -0.05) is 6.92 Å². The molecule has 0 fully saturated rings. The fourth-order valence-corrected chi connectivity index (χ4v) is 2.81. The van der Waals surface area contributed by atoms with Crippen LogP contribution in [-0.2, 0) is 11.2 Å². The fraction of sp³-hybridized carbons (Fsp3) is 0.368. The van der Waals surface area contributed by atoms with E-state index in [0.29, 0.717) is 24.6 Å². The number of benzene rings is 1. The molecule has 0 saturated heterocycles. The highest BCUT2D eigenvalue weighted by molar-refractivity contribution is 5.79. The third kappa shape index (κ3) is 3.51. The van der Waals surface area contributed by atoms with E-state index < -0.39 is 0 Å². The molecule has 1 aromatic carbocycles. The molecule has 1 N–H and O–H groups in total. The van der Waals surface area contributed by atoms with Crippen molar-refractivity contribution in [2.75, 3.05) is 13.7 Å². The third-order valence-electron chi connectivity index (χ3n) is 4.31. The maximum Gasteiger partial charge on any atom is 0.253 e. The summed E-state index contributed by atoms with van der Waals surface area (Å²) in [5.41, 5.74) is 3.45. The molecule has 0 bridgehead atoms. The molecule has 0 atom stereocenters. The number of amides is 1. The smallest absolute Gasteiger partial charge is 0.253 e. The van der Waals surface area contributed by atoms with Crippen molar-refractivity contribution in [2.45, 2.75) is 33.6 Å². The van der Waals surface area contributed by atoms with Crippen LogP contribution in [0.3, 0.4) is 0 Å². The largest absolute Gasteiger partial charge is 0.497 e. The standard InChI is InChI=1S/C19H23N5O2/c1-5-10-20-17(25)11-16-12(2)21-19-22-18(23-24(19)13(16)3)14-6-8-15(26-4)9-7-14/h6-9H,5,10-11H2,1-4H3,(H,20,25). The lowest BCUT2D eigenvalue weighted by atomic mass is 10.1. The number of hydrogen-bond acceptors (Lipinski definition) is 5. The van der Waals surface area contributed by atoms with Crippen molar-refractivity contribution < 1.29 is 9.53 Å². The van der Waals surface area contributed by atoms with Crippen LogP contribution in [0.2, 0.25) is 0 Å². The van der Waals surface area contributed by atoms with Crippen LogP contribution < -0.4 is 10.1 Å². The Morgan fingerprint density at radius 2 is 1.92 bits per heavy atom. The van der Waals surface area contributed by atoms with E-state index in [9.17, 15) is 4.79 Å². The zero-order valence-corrected chi connectivity index (χ0v) is 15.5. The summed E-state index contributed by atoms with van der Waals surface area (Å²) >= 11 is 0. The lowest BCUT2D eigenvalue weighted by molar-refractivity contribution is -0.120. The molecule has 26 heavy (non-hydrogen) atoms. The summed E-state index contributed by atoms with van der Waals surface area (Å²) in [6, 6.07) is 7.57. The maximum atomic E-state index is 12.1. The van der Waals surface area contributed by atoms with Crippen LogP contribution in [-0.4, -0.2) is 39.1 Å². The van der Waals surface area contributed by atoms with Crippen molar-refractivity contribution in [3.63, 3.8) is 0 Å². The molecular weight excluding hydrogens is 330 g/mol. The number of methoxy groups -OCH3 is 1. The van der Waals surface area contributed by atoms with E-state index in [1.165, 1.54) is 0 Å². The Morgan fingerprint density at radius 3 is 2.58 bits per heavy atom. The van der Waals surface area contributed by atoms with Crippen LogP contribution in [0, 0.1) is 13.8 Å². The minimum atomic E-state index is -0.00491. The summed E-state index contributed by atoms with van der Waals surface area (Å²) in [7, 11) is 1.63. The number of nitrogens with one attached hydrogen (secondary N) is 1. The Bertz CT molecular complexity index is 931. The molecule has 3 aromatic rings. The second-order valence-corrected chi connectivity index (χ2v) is 6.16. The van der Waals surface area contributed by atoms with Gasteiger partial charge in [-0.15, -0.1) is 5.10 Å². The van der Waals surface area contributed by atoms with E-state index in [1.54, 1.807) is 11.6 Å².